The fraction of sp³-hybridized carbons (Fsp3) is 0.562. The molecule has 0 saturated heterocycles. The minimum atomic E-state index is -0.0580. The smallest absolute Gasteiger partial charge is 0.164 e. The molecule has 0 radical (unpaired) electrons. The SMILES string of the molecule is Cc1ccc(C)c(C(=O)CC(N)CC(C)(C)C)c1. The van der Waals surface area contributed by atoms with Gasteiger partial charge in [0.2, 0.25) is 0 Å². The predicted octanol–water partition coefficient (Wildman–Crippen LogP) is 3.64. The second-order valence-corrected chi connectivity index (χ2v) is 6.47. The quantitative estimate of drug-likeness (QED) is 0.825. The van der Waals surface area contributed by atoms with Crippen LogP contribution in [-0.4, -0.2) is 11.8 Å². The van der Waals surface area contributed by atoms with Gasteiger partial charge in [0.1, 0.15) is 0 Å². The fourth-order valence-electron chi connectivity index (χ4n) is 2.24. The second-order valence-electron chi connectivity index (χ2n) is 6.47. The molecule has 2 N–H and O–H groups in total. The zero-order chi connectivity index (χ0) is 13.9. The molecule has 0 amide bonds. The van der Waals surface area contributed by atoms with Crippen LogP contribution in [0.15, 0.2) is 18.2 Å². The van der Waals surface area contributed by atoms with Crippen molar-refractivity contribution < 1.29 is 4.79 Å². The van der Waals surface area contributed by atoms with Crippen molar-refractivity contribution in [2.45, 2.75) is 53.5 Å². The summed E-state index contributed by atoms with van der Waals surface area (Å²) in [5.74, 6) is 0.160. The third-order valence-electron chi connectivity index (χ3n) is 3.02. The third kappa shape index (κ3) is 4.61. The Morgan fingerprint density at radius 2 is 1.89 bits per heavy atom. The Morgan fingerprint density at radius 3 is 2.44 bits per heavy atom. The number of benzene rings is 1. The lowest BCUT2D eigenvalue weighted by Gasteiger charge is -2.22. The maximum atomic E-state index is 12.2. The van der Waals surface area contributed by atoms with E-state index in [1.54, 1.807) is 0 Å². The van der Waals surface area contributed by atoms with Gasteiger partial charge in [0.05, 0.1) is 0 Å². The van der Waals surface area contributed by atoms with Gasteiger partial charge in [0, 0.05) is 18.0 Å². The maximum absolute atomic E-state index is 12.2. The molecule has 1 unspecified atom stereocenters. The first-order valence-corrected chi connectivity index (χ1v) is 6.55. The highest BCUT2D eigenvalue weighted by molar-refractivity contribution is 5.97. The van der Waals surface area contributed by atoms with Crippen molar-refractivity contribution >= 4 is 5.78 Å². The summed E-state index contributed by atoms with van der Waals surface area (Å²) in [5.41, 5.74) is 9.21. The molecule has 2 heteroatoms. The lowest BCUT2D eigenvalue weighted by Crippen LogP contribution is -2.29. The van der Waals surface area contributed by atoms with Crippen LogP contribution in [-0.2, 0) is 0 Å². The molecule has 0 heterocycles. The van der Waals surface area contributed by atoms with Gasteiger partial charge in [-0.25, -0.2) is 0 Å². The lowest BCUT2D eigenvalue weighted by atomic mass is 9.86. The molecule has 0 aliphatic carbocycles. The van der Waals surface area contributed by atoms with Crippen molar-refractivity contribution in [3.8, 4) is 0 Å². The Balaban J connectivity index is 2.74. The van der Waals surface area contributed by atoms with Crippen LogP contribution in [0.3, 0.4) is 0 Å². The van der Waals surface area contributed by atoms with Crippen LogP contribution < -0.4 is 5.73 Å². The van der Waals surface area contributed by atoms with Crippen molar-refractivity contribution in [2.24, 2.45) is 11.1 Å². The van der Waals surface area contributed by atoms with E-state index in [1.165, 1.54) is 0 Å². The fourth-order valence-corrected chi connectivity index (χ4v) is 2.24. The highest BCUT2D eigenvalue weighted by Crippen LogP contribution is 2.22. The molecule has 1 rings (SSSR count). The monoisotopic (exact) mass is 247 g/mol. The van der Waals surface area contributed by atoms with Crippen molar-refractivity contribution in [3.63, 3.8) is 0 Å². The summed E-state index contributed by atoms with van der Waals surface area (Å²) in [6.45, 7) is 10.4. The van der Waals surface area contributed by atoms with Crippen molar-refractivity contribution in [1.82, 2.24) is 0 Å². The first-order chi connectivity index (χ1) is 8.19. The number of ketones is 1. The molecule has 0 aliphatic heterocycles. The van der Waals surface area contributed by atoms with Crippen LogP contribution in [0.4, 0.5) is 0 Å². The van der Waals surface area contributed by atoms with Crippen LogP contribution in [0.5, 0.6) is 0 Å². The average Bonchev–Trinajstić information content (AvgIpc) is 2.18. The largest absolute Gasteiger partial charge is 0.327 e. The van der Waals surface area contributed by atoms with Crippen LogP contribution in [0, 0.1) is 19.3 Å². The molecule has 0 aromatic heterocycles. The number of aryl methyl sites for hydroxylation is 2. The Bertz CT molecular complexity index is 429. The molecule has 0 spiro atoms. The molecule has 2 nitrogen and oxygen atoms in total. The number of Topliss-reactive ketones (excluding diaryl/α,β-unsaturated/α-hetero) is 1. The number of rotatable bonds is 4. The van der Waals surface area contributed by atoms with Crippen LogP contribution in [0.2, 0.25) is 0 Å². The summed E-state index contributed by atoms with van der Waals surface area (Å²) in [6, 6.07) is 5.93. The van der Waals surface area contributed by atoms with Gasteiger partial charge in [0.25, 0.3) is 0 Å². The van der Waals surface area contributed by atoms with E-state index in [-0.39, 0.29) is 17.2 Å². The zero-order valence-electron chi connectivity index (χ0n) is 12.2. The number of hydrogen-bond donors (Lipinski definition) is 1. The number of nitrogens with two attached hydrogens (primary N) is 1. The van der Waals surface area contributed by atoms with Crippen molar-refractivity contribution in [2.75, 3.05) is 0 Å². The normalized spacial score (nSPS) is 13.4. The van der Waals surface area contributed by atoms with E-state index in [2.05, 4.69) is 20.8 Å². The van der Waals surface area contributed by atoms with E-state index >= 15 is 0 Å². The van der Waals surface area contributed by atoms with Gasteiger partial charge in [-0.2, -0.15) is 0 Å². The number of carbonyl (C=O) groups excluding carboxylic acids is 1. The lowest BCUT2D eigenvalue weighted by molar-refractivity contribution is 0.0967. The highest BCUT2D eigenvalue weighted by Gasteiger charge is 2.19. The predicted molar refractivity (Wildman–Crippen MR) is 76.9 cm³/mol. The molecule has 0 saturated carbocycles. The van der Waals surface area contributed by atoms with Crippen molar-refractivity contribution in [3.05, 3.63) is 34.9 Å². The third-order valence-corrected chi connectivity index (χ3v) is 3.02. The van der Waals surface area contributed by atoms with Crippen LogP contribution in [0.1, 0.15) is 55.1 Å². The molecular formula is C16H25NO. The molecule has 0 bridgehead atoms. The maximum Gasteiger partial charge on any atom is 0.164 e. The first kappa shape index (κ1) is 14.9. The van der Waals surface area contributed by atoms with Gasteiger partial charge in [-0.1, -0.05) is 38.5 Å². The minimum Gasteiger partial charge on any atom is -0.327 e. The van der Waals surface area contributed by atoms with Gasteiger partial charge in [-0.05, 0) is 37.3 Å². The van der Waals surface area contributed by atoms with Gasteiger partial charge in [-0.3, -0.25) is 4.79 Å². The Morgan fingerprint density at radius 1 is 1.28 bits per heavy atom. The molecule has 0 fully saturated rings. The van der Waals surface area contributed by atoms with Crippen molar-refractivity contribution in [1.29, 1.82) is 0 Å². The summed E-state index contributed by atoms with van der Waals surface area (Å²) >= 11 is 0. The molecular weight excluding hydrogens is 222 g/mol. The summed E-state index contributed by atoms with van der Waals surface area (Å²) in [5, 5.41) is 0. The van der Waals surface area contributed by atoms with E-state index in [4.69, 9.17) is 5.73 Å². The molecule has 100 valence electrons. The Labute approximate surface area is 111 Å². The van der Waals surface area contributed by atoms with E-state index < -0.39 is 0 Å². The molecule has 1 aromatic carbocycles. The van der Waals surface area contributed by atoms with E-state index in [0.717, 1.165) is 23.1 Å². The topological polar surface area (TPSA) is 43.1 Å². The van der Waals surface area contributed by atoms with Gasteiger partial charge in [-0.15, -0.1) is 0 Å². The summed E-state index contributed by atoms with van der Waals surface area (Å²) in [4.78, 5) is 12.2. The number of hydrogen-bond acceptors (Lipinski definition) is 2. The van der Waals surface area contributed by atoms with Gasteiger partial charge < -0.3 is 5.73 Å². The minimum absolute atomic E-state index is 0.0580. The average molecular weight is 247 g/mol. The summed E-state index contributed by atoms with van der Waals surface area (Å²) < 4.78 is 0. The Hall–Kier alpha value is -1.15. The number of carbonyl (C=O) groups is 1. The second kappa shape index (κ2) is 5.66. The molecule has 1 atom stereocenters. The first-order valence-electron chi connectivity index (χ1n) is 6.55. The summed E-state index contributed by atoms with van der Waals surface area (Å²) in [7, 11) is 0. The van der Waals surface area contributed by atoms with Gasteiger partial charge in [0.15, 0.2) is 5.78 Å². The molecule has 1 aromatic rings. The van der Waals surface area contributed by atoms with Gasteiger partial charge >= 0.3 is 0 Å². The molecule has 0 aliphatic rings. The highest BCUT2D eigenvalue weighted by atomic mass is 16.1. The van der Waals surface area contributed by atoms with Crippen LogP contribution >= 0.6 is 0 Å². The summed E-state index contributed by atoms with van der Waals surface area (Å²) in [6.07, 6.45) is 1.30. The standard InChI is InChI=1S/C16H25NO/c1-11-6-7-12(2)14(8-11)15(18)9-13(17)10-16(3,4)5/h6-8,13H,9-10,17H2,1-5H3. The van der Waals surface area contributed by atoms with E-state index in [0.29, 0.717) is 6.42 Å². The van der Waals surface area contributed by atoms with Crippen LogP contribution in [0.25, 0.3) is 0 Å². The van der Waals surface area contributed by atoms with E-state index in [9.17, 15) is 4.79 Å². The molecule has 18 heavy (non-hydrogen) atoms. The van der Waals surface area contributed by atoms with E-state index in [1.807, 2.05) is 32.0 Å². The Kier molecular flexibility index (Phi) is 4.69. The zero-order valence-corrected chi connectivity index (χ0v) is 12.2.